The average Bonchev–Trinajstić information content (AvgIpc) is 2.86. The summed E-state index contributed by atoms with van der Waals surface area (Å²) >= 11 is 6.81. The van der Waals surface area contributed by atoms with Crippen LogP contribution >= 0.6 is 31.9 Å². The average molecular weight is 394 g/mol. The van der Waals surface area contributed by atoms with Crippen molar-refractivity contribution in [3.05, 3.63) is 63.2 Å². The molecule has 3 nitrogen and oxygen atoms in total. The Morgan fingerprint density at radius 3 is 2.60 bits per heavy atom. The van der Waals surface area contributed by atoms with Gasteiger partial charge in [0.25, 0.3) is 5.91 Å². The van der Waals surface area contributed by atoms with Gasteiger partial charge >= 0.3 is 0 Å². The van der Waals surface area contributed by atoms with Gasteiger partial charge in [0.05, 0.1) is 5.69 Å². The van der Waals surface area contributed by atoms with Gasteiger partial charge in [0.2, 0.25) is 0 Å². The number of rotatable bonds is 2. The number of benzene rings is 2. The molecule has 3 aromatic rings. The third kappa shape index (κ3) is 2.64. The topological polar surface area (TPSA) is 44.9 Å². The number of anilines is 1. The lowest BCUT2D eigenvalue weighted by molar-refractivity contribution is 0.102. The number of hydrogen-bond donors (Lipinski definition) is 2. The second kappa shape index (κ2) is 5.42. The fourth-order valence-electron chi connectivity index (χ4n) is 1.98. The van der Waals surface area contributed by atoms with Crippen molar-refractivity contribution < 1.29 is 4.79 Å². The van der Waals surface area contributed by atoms with Crippen molar-refractivity contribution in [1.29, 1.82) is 0 Å². The Kier molecular flexibility index (Phi) is 3.63. The van der Waals surface area contributed by atoms with Crippen LogP contribution in [0.4, 0.5) is 5.69 Å². The van der Waals surface area contributed by atoms with Gasteiger partial charge in [-0.2, -0.15) is 0 Å². The van der Waals surface area contributed by atoms with Gasteiger partial charge in [-0.25, -0.2) is 0 Å². The van der Waals surface area contributed by atoms with E-state index in [0.717, 1.165) is 25.5 Å². The van der Waals surface area contributed by atoms with Crippen molar-refractivity contribution in [1.82, 2.24) is 4.98 Å². The maximum atomic E-state index is 12.2. The van der Waals surface area contributed by atoms with Crippen LogP contribution in [-0.4, -0.2) is 10.9 Å². The van der Waals surface area contributed by atoms with Crippen molar-refractivity contribution in [3.8, 4) is 0 Å². The van der Waals surface area contributed by atoms with Gasteiger partial charge in [-0.05, 0) is 46.3 Å². The first-order chi connectivity index (χ1) is 9.63. The number of H-pyrrole nitrogens is 1. The molecule has 1 amide bonds. The molecule has 0 aliphatic heterocycles. The van der Waals surface area contributed by atoms with Crippen molar-refractivity contribution in [2.75, 3.05) is 5.32 Å². The summed E-state index contributed by atoms with van der Waals surface area (Å²) in [5.41, 5.74) is 2.23. The second-order valence-corrected chi connectivity index (χ2v) is 6.12. The highest BCUT2D eigenvalue weighted by atomic mass is 79.9. The summed E-state index contributed by atoms with van der Waals surface area (Å²) in [6, 6.07) is 15.3. The van der Waals surface area contributed by atoms with E-state index in [2.05, 4.69) is 42.2 Å². The van der Waals surface area contributed by atoms with Gasteiger partial charge in [-0.15, -0.1) is 0 Å². The van der Waals surface area contributed by atoms with E-state index in [0.29, 0.717) is 5.69 Å². The summed E-state index contributed by atoms with van der Waals surface area (Å²) in [6.45, 7) is 0. The molecule has 0 aliphatic rings. The maximum absolute atomic E-state index is 12.2. The van der Waals surface area contributed by atoms with E-state index in [9.17, 15) is 4.79 Å². The summed E-state index contributed by atoms with van der Waals surface area (Å²) in [5.74, 6) is -0.163. The Labute approximate surface area is 132 Å². The molecular formula is C15H10Br2N2O. The lowest BCUT2D eigenvalue weighted by Gasteiger charge is -2.06. The lowest BCUT2D eigenvalue weighted by Crippen LogP contribution is -2.12. The number of amides is 1. The monoisotopic (exact) mass is 392 g/mol. The van der Waals surface area contributed by atoms with Gasteiger partial charge in [-0.3, -0.25) is 4.79 Å². The van der Waals surface area contributed by atoms with Crippen molar-refractivity contribution in [2.45, 2.75) is 0 Å². The number of halogens is 2. The fraction of sp³-hybridized carbons (Fsp3) is 0. The molecule has 2 aromatic carbocycles. The third-order valence-electron chi connectivity index (χ3n) is 2.95. The number of hydrogen-bond acceptors (Lipinski definition) is 1. The van der Waals surface area contributed by atoms with Crippen LogP contribution in [0.15, 0.2) is 57.5 Å². The molecule has 20 heavy (non-hydrogen) atoms. The van der Waals surface area contributed by atoms with E-state index in [1.54, 1.807) is 0 Å². The van der Waals surface area contributed by atoms with Crippen LogP contribution in [0.5, 0.6) is 0 Å². The molecule has 0 fully saturated rings. The van der Waals surface area contributed by atoms with Crippen molar-refractivity contribution in [2.24, 2.45) is 0 Å². The van der Waals surface area contributed by atoms with Crippen molar-refractivity contribution >= 4 is 54.4 Å². The van der Waals surface area contributed by atoms with E-state index in [1.165, 1.54) is 0 Å². The number of aromatic nitrogens is 1. The molecule has 0 aliphatic carbocycles. The maximum Gasteiger partial charge on any atom is 0.272 e. The van der Waals surface area contributed by atoms with E-state index >= 15 is 0 Å². The summed E-state index contributed by atoms with van der Waals surface area (Å²) in [7, 11) is 0. The fourth-order valence-corrected chi connectivity index (χ4v) is 3.12. The molecule has 0 bridgehead atoms. The van der Waals surface area contributed by atoms with Crippen LogP contribution in [-0.2, 0) is 0 Å². The SMILES string of the molecule is O=C(Nc1ccc(Br)cc1Br)c1cc2ccccc2[nH]1. The van der Waals surface area contributed by atoms with Crippen LogP contribution in [0.2, 0.25) is 0 Å². The molecule has 2 N–H and O–H groups in total. The Bertz CT molecular complexity index is 762. The minimum absolute atomic E-state index is 0.163. The summed E-state index contributed by atoms with van der Waals surface area (Å²) in [4.78, 5) is 15.4. The van der Waals surface area contributed by atoms with Gasteiger partial charge in [-0.1, -0.05) is 34.1 Å². The number of nitrogens with one attached hydrogen (secondary N) is 2. The van der Waals surface area contributed by atoms with E-state index < -0.39 is 0 Å². The molecular weight excluding hydrogens is 384 g/mol. The summed E-state index contributed by atoms with van der Waals surface area (Å²) in [5, 5.41) is 3.90. The molecule has 100 valence electrons. The molecule has 1 heterocycles. The quantitative estimate of drug-likeness (QED) is 0.635. The standard InChI is InChI=1S/C15H10Br2N2O/c16-10-5-6-13(11(17)8-10)19-15(20)14-7-9-3-1-2-4-12(9)18-14/h1-8,18H,(H,19,20). The molecule has 1 aromatic heterocycles. The predicted molar refractivity (Wildman–Crippen MR) is 88.1 cm³/mol. The molecule has 0 unspecified atom stereocenters. The summed E-state index contributed by atoms with van der Waals surface area (Å²) < 4.78 is 1.78. The molecule has 3 rings (SSSR count). The smallest absolute Gasteiger partial charge is 0.272 e. The van der Waals surface area contributed by atoms with Crippen LogP contribution in [0.3, 0.4) is 0 Å². The van der Waals surface area contributed by atoms with Gasteiger partial charge < -0.3 is 10.3 Å². The first-order valence-corrected chi connectivity index (χ1v) is 7.56. The third-order valence-corrected chi connectivity index (χ3v) is 4.10. The van der Waals surface area contributed by atoms with Gasteiger partial charge in [0, 0.05) is 19.8 Å². The highest BCUT2D eigenvalue weighted by Crippen LogP contribution is 2.26. The molecule has 5 heteroatoms. The number of carbonyl (C=O) groups is 1. The lowest BCUT2D eigenvalue weighted by atomic mass is 10.2. The zero-order valence-corrected chi connectivity index (χ0v) is 13.5. The van der Waals surface area contributed by atoms with Crippen LogP contribution in [0.1, 0.15) is 10.5 Å². The predicted octanol–water partition coefficient (Wildman–Crippen LogP) is 4.95. The highest BCUT2D eigenvalue weighted by Gasteiger charge is 2.11. The van der Waals surface area contributed by atoms with E-state index in [-0.39, 0.29) is 5.91 Å². The van der Waals surface area contributed by atoms with E-state index in [4.69, 9.17) is 0 Å². The Hall–Kier alpha value is -1.59. The van der Waals surface area contributed by atoms with E-state index in [1.807, 2.05) is 48.5 Å². The first kappa shape index (κ1) is 13.4. The molecule has 0 atom stereocenters. The first-order valence-electron chi connectivity index (χ1n) is 5.97. The number of fused-ring (bicyclic) bond motifs is 1. The van der Waals surface area contributed by atoms with Crippen LogP contribution in [0.25, 0.3) is 10.9 Å². The van der Waals surface area contributed by atoms with Crippen molar-refractivity contribution in [3.63, 3.8) is 0 Å². The number of para-hydroxylation sites is 1. The largest absolute Gasteiger partial charge is 0.351 e. The van der Waals surface area contributed by atoms with Gasteiger partial charge in [0.15, 0.2) is 0 Å². The highest BCUT2D eigenvalue weighted by molar-refractivity contribution is 9.11. The zero-order chi connectivity index (χ0) is 14.1. The number of carbonyl (C=O) groups excluding carboxylic acids is 1. The minimum Gasteiger partial charge on any atom is -0.351 e. The molecule has 0 spiro atoms. The molecule has 0 radical (unpaired) electrons. The normalized spacial score (nSPS) is 10.7. The Morgan fingerprint density at radius 2 is 1.85 bits per heavy atom. The number of aromatic amines is 1. The molecule has 0 saturated carbocycles. The van der Waals surface area contributed by atoms with Gasteiger partial charge in [0.1, 0.15) is 5.69 Å². The zero-order valence-electron chi connectivity index (χ0n) is 10.3. The summed E-state index contributed by atoms with van der Waals surface area (Å²) in [6.07, 6.45) is 0. The second-order valence-electron chi connectivity index (χ2n) is 4.35. The Morgan fingerprint density at radius 1 is 1.05 bits per heavy atom. The van der Waals surface area contributed by atoms with Crippen LogP contribution < -0.4 is 5.32 Å². The Balaban J connectivity index is 1.89. The molecule has 0 saturated heterocycles. The van der Waals surface area contributed by atoms with Crippen LogP contribution in [0, 0.1) is 0 Å². The minimum atomic E-state index is -0.163.